The maximum absolute atomic E-state index is 12.7. The van der Waals surface area contributed by atoms with Crippen LogP contribution in [0.1, 0.15) is 36.0 Å². The van der Waals surface area contributed by atoms with E-state index in [0.717, 1.165) is 11.9 Å². The van der Waals surface area contributed by atoms with Gasteiger partial charge in [-0.05, 0) is 19.8 Å². The number of carbonyl (C=O) groups excluding carboxylic acids is 1. The summed E-state index contributed by atoms with van der Waals surface area (Å²) in [6.45, 7) is 2.68. The number of amides is 2. The molecule has 10 heteroatoms. The molecule has 0 aromatic carbocycles. The number of hydrogen-bond acceptors (Lipinski definition) is 3. The van der Waals surface area contributed by atoms with Crippen LogP contribution in [-0.4, -0.2) is 43.8 Å². The zero-order valence-corrected chi connectivity index (χ0v) is 13.9. The van der Waals surface area contributed by atoms with Crippen molar-refractivity contribution in [2.24, 2.45) is 7.05 Å². The molecule has 1 aliphatic heterocycles. The highest BCUT2D eigenvalue weighted by Gasteiger charge is 2.34. The maximum Gasteiger partial charge on any atom is 0.432 e. The normalized spacial score (nSPS) is 18.4. The lowest BCUT2D eigenvalue weighted by atomic mass is 9.97. The highest BCUT2D eigenvalue weighted by Crippen LogP contribution is 2.31. The summed E-state index contributed by atoms with van der Waals surface area (Å²) >= 11 is 0. The van der Waals surface area contributed by atoms with Crippen LogP contribution >= 0.6 is 0 Å². The van der Waals surface area contributed by atoms with Crippen LogP contribution < -0.4 is 5.32 Å². The number of nitrogens with one attached hydrogen (secondary N) is 2. The largest absolute Gasteiger partial charge is 0.432 e. The second-order valence-electron chi connectivity index (χ2n) is 6.19. The Morgan fingerprint density at radius 2 is 2.20 bits per heavy atom. The average Bonchev–Trinajstić information content (AvgIpc) is 3.14. The van der Waals surface area contributed by atoms with Crippen LogP contribution in [0.15, 0.2) is 12.3 Å². The number of nitrogens with zero attached hydrogens (tertiary/aromatic N) is 4. The van der Waals surface area contributed by atoms with Gasteiger partial charge in [0.15, 0.2) is 0 Å². The van der Waals surface area contributed by atoms with Gasteiger partial charge < -0.3 is 9.88 Å². The molecule has 2 amide bonds. The average molecular weight is 356 g/mol. The minimum absolute atomic E-state index is 0.246. The van der Waals surface area contributed by atoms with Gasteiger partial charge in [-0.25, -0.2) is 9.78 Å². The molecule has 0 aliphatic carbocycles. The number of halogens is 3. The summed E-state index contributed by atoms with van der Waals surface area (Å²) in [4.78, 5) is 20.2. The van der Waals surface area contributed by atoms with Gasteiger partial charge >= 0.3 is 12.2 Å². The Morgan fingerprint density at radius 3 is 2.80 bits per heavy atom. The fraction of sp³-hybridized carbons (Fsp3) is 0.533. The van der Waals surface area contributed by atoms with Crippen molar-refractivity contribution in [3.05, 3.63) is 29.5 Å². The topological polar surface area (TPSA) is 78.8 Å². The summed E-state index contributed by atoms with van der Waals surface area (Å²) in [5.74, 6) is 0.590. The summed E-state index contributed by atoms with van der Waals surface area (Å²) in [6.07, 6.45) is -2.27. The summed E-state index contributed by atoms with van der Waals surface area (Å²) in [5.41, 5.74) is -0.0842. The first kappa shape index (κ1) is 17.3. The molecule has 136 valence electrons. The number of rotatable bonds is 2. The second kappa shape index (κ2) is 6.41. The number of hydrogen-bond donors (Lipinski definition) is 2. The first-order valence-electron chi connectivity index (χ1n) is 7.92. The van der Waals surface area contributed by atoms with Crippen molar-refractivity contribution in [1.82, 2.24) is 24.6 Å². The van der Waals surface area contributed by atoms with E-state index >= 15 is 0 Å². The van der Waals surface area contributed by atoms with Crippen LogP contribution in [0.5, 0.6) is 0 Å². The lowest BCUT2D eigenvalue weighted by molar-refractivity contribution is -0.141. The number of imidazole rings is 1. The van der Waals surface area contributed by atoms with E-state index in [2.05, 4.69) is 20.4 Å². The molecule has 3 heterocycles. The van der Waals surface area contributed by atoms with Crippen molar-refractivity contribution in [1.29, 1.82) is 0 Å². The predicted octanol–water partition coefficient (Wildman–Crippen LogP) is 2.88. The third kappa shape index (κ3) is 3.77. The Kier molecular flexibility index (Phi) is 4.44. The number of piperidine rings is 1. The molecule has 2 N–H and O–H groups in total. The number of H-pyrrole nitrogens is 1. The Hall–Kier alpha value is -2.52. The molecule has 1 atom stereocenters. The molecule has 0 radical (unpaired) electrons. The third-order valence-corrected chi connectivity index (χ3v) is 4.23. The van der Waals surface area contributed by atoms with E-state index in [0.29, 0.717) is 31.7 Å². The number of aromatic nitrogens is 4. The van der Waals surface area contributed by atoms with Gasteiger partial charge in [-0.2, -0.15) is 18.3 Å². The first-order chi connectivity index (χ1) is 11.7. The lowest BCUT2D eigenvalue weighted by Gasteiger charge is -2.31. The molecule has 0 bridgehead atoms. The molecule has 1 fully saturated rings. The number of carbonyl (C=O) groups is 1. The van der Waals surface area contributed by atoms with Gasteiger partial charge in [0.1, 0.15) is 17.3 Å². The molecule has 2 aromatic rings. The Labute approximate surface area is 142 Å². The highest BCUT2D eigenvalue weighted by molar-refractivity contribution is 5.88. The Balaban J connectivity index is 1.67. The van der Waals surface area contributed by atoms with E-state index in [1.54, 1.807) is 22.7 Å². The van der Waals surface area contributed by atoms with Gasteiger partial charge in [-0.1, -0.05) is 0 Å². The fourth-order valence-corrected chi connectivity index (χ4v) is 2.99. The van der Waals surface area contributed by atoms with E-state index in [1.165, 1.54) is 0 Å². The van der Waals surface area contributed by atoms with E-state index in [4.69, 9.17) is 0 Å². The monoisotopic (exact) mass is 356 g/mol. The summed E-state index contributed by atoms with van der Waals surface area (Å²) < 4.78 is 39.7. The molecule has 25 heavy (non-hydrogen) atoms. The van der Waals surface area contributed by atoms with Gasteiger partial charge in [0, 0.05) is 32.1 Å². The standard InChI is InChI=1S/C15H19F3N6O/c1-9-6-12(23(2)22-9)21-14(25)24-5-3-4-10(8-24)13-19-7-11(20-13)15(16,17)18/h6-7,10H,3-5,8H2,1-2H3,(H,19,20)(H,21,25). The van der Waals surface area contributed by atoms with E-state index in [9.17, 15) is 18.0 Å². The number of alkyl halides is 3. The SMILES string of the molecule is Cc1cc(NC(=O)N2CCCC(c3ncc(C(F)(F)F)[nH]3)C2)n(C)n1. The van der Waals surface area contributed by atoms with Crippen molar-refractivity contribution in [2.45, 2.75) is 31.9 Å². The molecule has 2 aromatic heterocycles. The molecule has 1 saturated heterocycles. The molecule has 1 aliphatic rings. The van der Waals surface area contributed by atoms with E-state index in [1.807, 2.05) is 6.92 Å². The van der Waals surface area contributed by atoms with Crippen LogP contribution in [0.2, 0.25) is 0 Å². The predicted molar refractivity (Wildman–Crippen MR) is 84.1 cm³/mol. The first-order valence-corrected chi connectivity index (χ1v) is 7.92. The van der Waals surface area contributed by atoms with Crippen LogP contribution in [0.4, 0.5) is 23.8 Å². The van der Waals surface area contributed by atoms with Crippen molar-refractivity contribution in [3.8, 4) is 0 Å². The molecular weight excluding hydrogens is 337 g/mol. The van der Waals surface area contributed by atoms with Crippen LogP contribution in [0, 0.1) is 6.92 Å². The summed E-state index contributed by atoms with van der Waals surface area (Å²) in [7, 11) is 1.73. The summed E-state index contributed by atoms with van der Waals surface area (Å²) in [6, 6.07) is 1.46. The fourth-order valence-electron chi connectivity index (χ4n) is 2.99. The van der Waals surface area contributed by atoms with E-state index in [-0.39, 0.29) is 17.8 Å². The number of aryl methyl sites for hydroxylation is 2. The smallest absolute Gasteiger partial charge is 0.338 e. The van der Waals surface area contributed by atoms with Gasteiger partial charge in [0.25, 0.3) is 0 Å². The Bertz CT molecular complexity index is 766. The molecule has 0 saturated carbocycles. The van der Waals surface area contributed by atoms with Crippen molar-refractivity contribution < 1.29 is 18.0 Å². The Morgan fingerprint density at radius 1 is 1.44 bits per heavy atom. The lowest BCUT2D eigenvalue weighted by Crippen LogP contribution is -2.42. The van der Waals surface area contributed by atoms with Crippen LogP contribution in [0.25, 0.3) is 0 Å². The van der Waals surface area contributed by atoms with Crippen LogP contribution in [0.3, 0.4) is 0 Å². The number of anilines is 1. The van der Waals surface area contributed by atoms with Crippen LogP contribution in [-0.2, 0) is 13.2 Å². The second-order valence-corrected chi connectivity index (χ2v) is 6.19. The number of aromatic amines is 1. The van der Waals surface area contributed by atoms with Gasteiger partial charge in [-0.3, -0.25) is 10.00 Å². The molecule has 1 unspecified atom stereocenters. The van der Waals surface area contributed by atoms with E-state index < -0.39 is 11.9 Å². The van der Waals surface area contributed by atoms with Gasteiger partial charge in [0.2, 0.25) is 0 Å². The molecule has 0 spiro atoms. The highest BCUT2D eigenvalue weighted by atomic mass is 19.4. The number of urea groups is 1. The molecule has 3 rings (SSSR count). The minimum Gasteiger partial charge on any atom is -0.338 e. The molecular formula is C15H19F3N6O. The number of likely N-dealkylation sites (tertiary alicyclic amines) is 1. The van der Waals surface area contributed by atoms with Crippen molar-refractivity contribution in [3.63, 3.8) is 0 Å². The zero-order chi connectivity index (χ0) is 18.2. The zero-order valence-electron chi connectivity index (χ0n) is 13.9. The minimum atomic E-state index is -4.45. The van der Waals surface area contributed by atoms with Gasteiger partial charge in [-0.15, -0.1) is 0 Å². The summed E-state index contributed by atoms with van der Waals surface area (Å²) in [5, 5.41) is 6.94. The maximum atomic E-state index is 12.7. The van der Waals surface area contributed by atoms with Crippen molar-refractivity contribution >= 4 is 11.8 Å². The molecule has 7 nitrogen and oxygen atoms in total. The third-order valence-electron chi connectivity index (χ3n) is 4.23. The quantitative estimate of drug-likeness (QED) is 0.868. The van der Waals surface area contributed by atoms with Crippen molar-refractivity contribution in [2.75, 3.05) is 18.4 Å². The van der Waals surface area contributed by atoms with Gasteiger partial charge in [0.05, 0.1) is 11.9 Å².